The highest BCUT2D eigenvalue weighted by Gasteiger charge is 2.15. The van der Waals surface area contributed by atoms with Crippen molar-refractivity contribution in [3.05, 3.63) is 47.8 Å². The van der Waals surface area contributed by atoms with Gasteiger partial charge in [0.2, 0.25) is 0 Å². The van der Waals surface area contributed by atoms with Gasteiger partial charge >= 0.3 is 0 Å². The Labute approximate surface area is 104 Å². The molecule has 0 atom stereocenters. The lowest BCUT2D eigenvalue weighted by Gasteiger charge is -2.17. The zero-order valence-corrected chi connectivity index (χ0v) is 10.1. The summed E-state index contributed by atoms with van der Waals surface area (Å²) >= 11 is 0. The average Bonchev–Trinajstić information content (AvgIpc) is 2.39. The fraction of sp³-hybridized carbons (Fsp3) is 0.214. The molecule has 0 saturated heterocycles. The van der Waals surface area contributed by atoms with Gasteiger partial charge in [0, 0.05) is 24.5 Å². The highest BCUT2D eigenvalue weighted by molar-refractivity contribution is 6.07. The largest absolute Gasteiger partial charge is 0.395 e. The first-order chi connectivity index (χ1) is 8.65. The molecule has 18 heavy (non-hydrogen) atoms. The van der Waals surface area contributed by atoms with Crippen LogP contribution < -0.4 is 0 Å². The predicted molar refractivity (Wildman–Crippen MR) is 68.0 cm³/mol. The van der Waals surface area contributed by atoms with E-state index in [0.717, 1.165) is 0 Å². The number of benzene rings is 2. The van der Waals surface area contributed by atoms with E-state index in [1.165, 1.54) is 17.0 Å². The molecule has 0 bridgehead atoms. The molecule has 0 spiro atoms. The van der Waals surface area contributed by atoms with Gasteiger partial charge < -0.3 is 10.0 Å². The van der Waals surface area contributed by atoms with Crippen molar-refractivity contribution in [2.45, 2.75) is 0 Å². The van der Waals surface area contributed by atoms with Gasteiger partial charge in [-0.05, 0) is 17.5 Å². The van der Waals surface area contributed by atoms with Gasteiger partial charge in [-0.15, -0.1) is 0 Å². The number of hydrogen-bond acceptors (Lipinski definition) is 2. The minimum atomic E-state index is -0.341. The summed E-state index contributed by atoms with van der Waals surface area (Å²) in [6.45, 7) is 0.159. The molecule has 1 N–H and O–H groups in total. The van der Waals surface area contributed by atoms with Crippen LogP contribution in [0.15, 0.2) is 36.4 Å². The van der Waals surface area contributed by atoms with E-state index in [4.69, 9.17) is 5.11 Å². The van der Waals surface area contributed by atoms with Crippen LogP contribution in [0.2, 0.25) is 0 Å². The standard InChI is InChI=1S/C14H14FNO2/c1-16(8-9-17)14(18)12-6-7-13(15)11-5-3-2-4-10(11)12/h2-7,17H,8-9H2,1H3. The quantitative estimate of drug-likeness (QED) is 0.901. The van der Waals surface area contributed by atoms with E-state index in [2.05, 4.69) is 0 Å². The van der Waals surface area contributed by atoms with Gasteiger partial charge in [-0.3, -0.25) is 4.79 Å². The van der Waals surface area contributed by atoms with Crippen molar-refractivity contribution in [3.8, 4) is 0 Å². The molecule has 0 saturated carbocycles. The third kappa shape index (κ3) is 2.19. The summed E-state index contributed by atoms with van der Waals surface area (Å²) in [6.07, 6.45) is 0. The molecule has 0 aliphatic carbocycles. The van der Waals surface area contributed by atoms with E-state index >= 15 is 0 Å². The monoisotopic (exact) mass is 247 g/mol. The molecule has 0 radical (unpaired) electrons. The lowest BCUT2D eigenvalue weighted by molar-refractivity contribution is 0.0769. The molecule has 2 aromatic rings. The number of rotatable bonds is 3. The summed E-state index contributed by atoms with van der Waals surface area (Å²) < 4.78 is 13.6. The van der Waals surface area contributed by atoms with E-state index in [-0.39, 0.29) is 24.9 Å². The normalized spacial score (nSPS) is 10.6. The van der Waals surface area contributed by atoms with Crippen LogP contribution in [0.3, 0.4) is 0 Å². The number of amides is 1. The molecule has 0 unspecified atom stereocenters. The molecule has 4 heteroatoms. The highest BCUT2D eigenvalue weighted by Crippen LogP contribution is 2.22. The fourth-order valence-corrected chi connectivity index (χ4v) is 1.91. The van der Waals surface area contributed by atoms with Gasteiger partial charge in [-0.1, -0.05) is 24.3 Å². The van der Waals surface area contributed by atoms with Crippen LogP contribution >= 0.6 is 0 Å². The van der Waals surface area contributed by atoms with Crippen molar-refractivity contribution < 1.29 is 14.3 Å². The molecule has 94 valence electrons. The van der Waals surface area contributed by atoms with Gasteiger partial charge in [-0.25, -0.2) is 4.39 Å². The number of fused-ring (bicyclic) bond motifs is 1. The van der Waals surface area contributed by atoms with Crippen LogP contribution in [0.1, 0.15) is 10.4 Å². The number of nitrogens with zero attached hydrogens (tertiary/aromatic N) is 1. The number of carbonyl (C=O) groups is 1. The van der Waals surface area contributed by atoms with Crippen LogP contribution in [-0.4, -0.2) is 36.1 Å². The summed E-state index contributed by atoms with van der Waals surface area (Å²) in [4.78, 5) is 13.6. The minimum absolute atomic E-state index is 0.0959. The van der Waals surface area contributed by atoms with Crippen molar-refractivity contribution in [2.75, 3.05) is 20.2 Å². The Balaban J connectivity index is 2.52. The summed E-state index contributed by atoms with van der Waals surface area (Å²) in [5.41, 5.74) is 0.447. The number of hydrogen-bond donors (Lipinski definition) is 1. The van der Waals surface area contributed by atoms with E-state index in [9.17, 15) is 9.18 Å². The molecule has 0 heterocycles. The summed E-state index contributed by atoms with van der Waals surface area (Å²) in [6, 6.07) is 9.64. The first-order valence-electron chi connectivity index (χ1n) is 5.68. The zero-order valence-electron chi connectivity index (χ0n) is 10.1. The Hall–Kier alpha value is -1.94. The Morgan fingerprint density at radius 1 is 1.22 bits per heavy atom. The van der Waals surface area contributed by atoms with Crippen LogP contribution in [0.25, 0.3) is 10.8 Å². The number of aliphatic hydroxyl groups is 1. The second kappa shape index (κ2) is 5.14. The minimum Gasteiger partial charge on any atom is -0.395 e. The second-order valence-corrected chi connectivity index (χ2v) is 4.09. The molecule has 0 aliphatic rings. The third-order valence-electron chi connectivity index (χ3n) is 2.88. The van der Waals surface area contributed by atoms with E-state index < -0.39 is 0 Å². The van der Waals surface area contributed by atoms with Gasteiger partial charge in [0.1, 0.15) is 5.82 Å². The molecular weight excluding hydrogens is 233 g/mol. The Morgan fingerprint density at radius 3 is 2.56 bits per heavy atom. The SMILES string of the molecule is CN(CCO)C(=O)c1ccc(F)c2ccccc12. The maximum Gasteiger partial charge on any atom is 0.254 e. The summed E-state index contributed by atoms with van der Waals surface area (Å²) in [5, 5.41) is 9.86. The summed E-state index contributed by atoms with van der Waals surface area (Å²) in [5.74, 6) is -0.563. The molecule has 1 amide bonds. The molecular formula is C14H14FNO2. The number of halogens is 1. The Bertz CT molecular complexity index is 583. The molecule has 3 nitrogen and oxygen atoms in total. The molecule has 2 aromatic carbocycles. The van der Waals surface area contributed by atoms with E-state index in [1.807, 2.05) is 0 Å². The summed E-state index contributed by atoms with van der Waals surface area (Å²) in [7, 11) is 1.61. The second-order valence-electron chi connectivity index (χ2n) is 4.09. The Kier molecular flexibility index (Phi) is 3.58. The average molecular weight is 247 g/mol. The van der Waals surface area contributed by atoms with Crippen molar-refractivity contribution >= 4 is 16.7 Å². The van der Waals surface area contributed by atoms with Crippen molar-refractivity contribution in [1.29, 1.82) is 0 Å². The van der Waals surface area contributed by atoms with Crippen molar-refractivity contribution in [3.63, 3.8) is 0 Å². The topological polar surface area (TPSA) is 40.5 Å². The first kappa shape index (κ1) is 12.5. The number of likely N-dealkylation sites (N-methyl/N-ethyl adjacent to an activating group) is 1. The maximum absolute atomic E-state index is 13.6. The molecule has 2 rings (SSSR count). The third-order valence-corrected chi connectivity index (χ3v) is 2.88. The molecule has 0 aromatic heterocycles. The first-order valence-corrected chi connectivity index (χ1v) is 5.68. The fourth-order valence-electron chi connectivity index (χ4n) is 1.91. The van der Waals surface area contributed by atoms with Crippen LogP contribution in [-0.2, 0) is 0 Å². The van der Waals surface area contributed by atoms with E-state index in [1.54, 1.807) is 31.3 Å². The van der Waals surface area contributed by atoms with Gasteiger partial charge in [0.25, 0.3) is 5.91 Å². The van der Waals surface area contributed by atoms with Gasteiger partial charge in [0.15, 0.2) is 0 Å². The predicted octanol–water partition coefficient (Wildman–Crippen LogP) is 2.04. The van der Waals surface area contributed by atoms with Crippen LogP contribution in [0.4, 0.5) is 4.39 Å². The smallest absolute Gasteiger partial charge is 0.254 e. The number of carbonyl (C=O) groups excluding carboxylic acids is 1. The van der Waals surface area contributed by atoms with Gasteiger partial charge in [-0.2, -0.15) is 0 Å². The van der Waals surface area contributed by atoms with Gasteiger partial charge in [0.05, 0.1) is 6.61 Å². The molecule has 0 aliphatic heterocycles. The van der Waals surface area contributed by atoms with Crippen LogP contribution in [0.5, 0.6) is 0 Å². The Morgan fingerprint density at radius 2 is 1.89 bits per heavy atom. The number of aliphatic hydroxyl groups excluding tert-OH is 1. The van der Waals surface area contributed by atoms with Crippen molar-refractivity contribution in [1.82, 2.24) is 4.90 Å². The maximum atomic E-state index is 13.6. The highest BCUT2D eigenvalue weighted by atomic mass is 19.1. The van der Waals surface area contributed by atoms with E-state index in [0.29, 0.717) is 16.3 Å². The zero-order chi connectivity index (χ0) is 13.1. The lowest BCUT2D eigenvalue weighted by Crippen LogP contribution is -2.29. The van der Waals surface area contributed by atoms with Crippen molar-refractivity contribution in [2.24, 2.45) is 0 Å². The van der Waals surface area contributed by atoms with Crippen LogP contribution in [0, 0.1) is 5.82 Å². The molecule has 0 fully saturated rings. The lowest BCUT2D eigenvalue weighted by atomic mass is 10.0.